The lowest BCUT2D eigenvalue weighted by Crippen LogP contribution is -2.41. The van der Waals surface area contributed by atoms with Crippen molar-refractivity contribution in [1.29, 1.82) is 0 Å². The summed E-state index contributed by atoms with van der Waals surface area (Å²) in [6, 6.07) is 10.8. The molecule has 0 radical (unpaired) electrons. The highest BCUT2D eigenvalue weighted by Crippen LogP contribution is 2.39. The molecule has 45 heavy (non-hydrogen) atoms. The number of carbonyl (C=O) groups excluding carboxylic acids is 2. The van der Waals surface area contributed by atoms with Crippen LogP contribution in [0.1, 0.15) is 59.1 Å². The van der Waals surface area contributed by atoms with Crippen LogP contribution in [-0.4, -0.2) is 65.9 Å². The zero-order chi connectivity index (χ0) is 33.1. The van der Waals surface area contributed by atoms with Gasteiger partial charge in [0.05, 0.1) is 21.9 Å². The molecule has 2 aromatic carbocycles. The van der Waals surface area contributed by atoms with Crippen LogP contribution in [-0.2, 0) is 19.5 Å². The van der Waals surface area contributed by atoms with Crippen molar-refractivity contribution >= 4 is 45.3 Å². The Labute approximate surface area is 265 Å². The summed E-state index contributed by atoms with van der Waals surface area (Å²) in [5.41, 5.74) is 6.47. The first-order valence-corrected chi connectivity index (χ1v) is 16.5. The highest BCUT2D eigenvalue weighted by molar-refractivity contribution is 7.89. The van der Waals surface area contributed by atoms with Crippen LogP contribution < -0.4 is 15.8 Å². The average molecular weight is 660 g/mol. The number of sulfonamides is 1. The molecular weight excluding hydrogens is 622 g/mol. The number of nitrogens with zero attached hydrogens (tertiary/aromatic N) is 2. The maximum Gasteiger partial charge on any atom is 0.411 e. The van der Waals surface area contributed by atoms with Crippen molar-refractivity contribution in [3.63, 3.8) is 0 Å². The maximum atomic E-state index is 13.8. The summed E-state index contributed by atoms with van der Waals surface area (Å²) in [4.78, 5) is 41.9. The van der Waals surface area contributed by atoms with E-state index < -0.39 is 46.0 Å². The van der Waals surface area contributed by atoms with Crippen molar-refractivity contribution < 1.29 is 37.4 Å². The highest BCUT2D eigenvalue weighted by Gasteiger charge is 2.39. The number of thiazole rings is 1. The van der Waals surface area contributed by atoms with Crippen LogP contribution in [0.3, 0.4) is 0 Å². The van der Waals surface area contributed by atoms with Gasteiger partial charge in [0.2, 0.25) is 10.0 Å². The third kappa shape index (κ3) is 8.49. The molecule has 2 heterocycles. The number of hydrogen-bond donors (Lipinski definition) is 4. The molecule has 1 aliphatic heterocycles. The molecule has 3 aromatic rings. The van der Waals surface area contributed by atoms with Crippen LogP contribution in [0.2, 0.25) is 0 Å². The predicted molar refractivity (Wildman–Crippen MR) is 169 cm³/mol. The lowest BCUT2D eigenvalue weighted by Gasteiger charge is -2.30. The van der Waals surface area contributed by atoms with Gasteiger partial charge in [0.15, 0.2) is 0 Å². The van der Waals surface area contributed by atoms with Crippen LogP contribution in [0.25, 0.3) is 21.0 Å². The predicted octanol–water partition coefficient (Wildman–Crippen LogP) is 5.79. The molecule has 13 nitrogen and oxygen atoms in total. The van der Waals surface area contributed by atoms with Gasteiger partial charge < -0.3 is 25.2 Å². The maximum absolute atomic E-state index is 13.8. The van der Waals surface area contributed by atoms with Gasteiger partial charge in [-0.3, -0.25) is 5.32 Å². The van der Waals surface area contributed by atoms with Gasteiger partial charge in [-0.2, -0.15) is 0 Å². The summed E-state index contributed by atoms with van der Waals surface area (Å²) in [7, 11) is -4.14. The topological polar surface area (TPSA) is 190 Å². The highest BCUT2D eigenvalue weighted by atomic mass is 32.2. The summed E-state index contributed by atoms with van der Waals surface area (Å²) < 4.78 is 40.8. The van der Waals surface area contributed by atoms with Gasteiger partial charge in [-0.05, 0) is 83.4 Å². The first-order chi connectivity index (χ1) is 21.0. The van der Waals surface area contributed by atoms with Gasteiger partial charge in [0.1, 0.15) is 11.1 Å². The summed E-state index contributed by atoms with van der Waals surface area (Å²) in [6.07, 6.45) is -1.72. The average Bonchev–Trinajstić information content (AvgIpc) is 3.61. The standard InChI is InChI=1S/C30H37N5O8S2/c1-17(2)42-28(37)33-20-11-8-18(9-12-20)26-32-16-23(44-26)21-13-10-19(15-24(21)45(40,41)34-30(3,4)5)25(43-27(31)36)22-7-6-14-35(22)29(38)39/h8-13,15-17,22,25,34H,6-7,14H2,1-5H3,(H2,31,36)(H,33,37)(H,38,39)/t22-,25?/m0/s1. The van der Waals surface area contributed by atoms with Crippen molar-refractivity contribution in [2.75, 3.05) is 11.9 Å². The minimum Gasteiger partial charge on any atom is -0.465 e. The van der Waals surface area contributed by atoms with Crippen molar-refractivity contribution in [2.45, 2.75) is 76.1 Å². The Morgan fingerprint density at radius 2 is 1.80 bits per heavy atom. The number of aromatic nitrogens is 1. The molecule has 5 N–H and O–H groups in total. The van der Waals surface area contributed by atoms with Crippen LogP contribution >= 0.6 is 11.3 Å². The third-order valence-corrected chi connectivity index (χ3v) is 9.57. The molecule has 1 unspecified atom stereocenters. The molecule has 1 saturated heterocycles. The van der Waals surface area contributed by atoms with Gasteiger partial charge in [-0.15, -0.1) is 11.3 Å². The van der Waals surface area contributed by atoms with Gasteiger partial charge in [0.25, 0.3) is 0 Å². The third-order valence-electron chi connectivity index (χ3n) is 6.69. The minimum absolute atomic E-state index is 0.0914. The van der Waals surface area contributed by atoms with Gasteiger partial charge in [-0.1, -0.05) is 12.1 Å². The van der Waals surface area contributed by atoms with E-state index in [4.69, 9.17) is 15.2 Å². The summed E-state index contributed by atoms with van der Waals surface area (Å²) in [6.45, 7) is 8.88. The van der Waals surface area contributed by atoms with E-state index in [-0.39, 0.29) is 23.1 Å². The monoisotopic (exact) mass is 659 g/mol. The van der Waals surface area contributed by atoms with Gasteiger partial charge in [-0.25, -0.2) is 32.5 Å². The molecule has 1 aliphatic rings. The fourth-order valence-corrected chi connectivity index (χ4v) is 7.73. The van der Waals surface area contributed by atoms with Crippen LogP contribution in [0.4, 0.5) is 20.1 Å². The van der Waals surface area contributed by atoms with Crippen LogP contribution in [0.5, 0.6) is 0 Å². The van der Waals surface area contributed by atoms with E-state index in [0.29, 0.717) is 34.0 Å². The van der Waals surface area contributed by atoms with Gasteiger partial charge >= 0.3 is 18.3 Å². The summed E-state index contributed by atoms with van der Waals surface area (Å²) in [5, 5.41) is 13.0. The number of nitrogens with one attached hydrogen (secondary N) is 2. The van der Waals surface area contributed by atoms with Crippen molar-refractivity contribution in [3.05, 3.63) is 54.2 Å². The Balaban J connectivity index is 1.74. The quantitative estimate of drug-likeness (QED) is 0.220. The molecule has 0 aliphatic carbocycles. The van der Waals surface area contributed by atoms with E-state index in [1.807, 2.05) is 0 Å². The number of primary amides is 1. The molecule has 4 rings (SSSR count). The molecule has 1 aromatic heterocycles. The van der Waals surface area contributed by atoms with Crippen LogP contribution in [0.15, 0.2) is 53.6 Å². The molecule has 0 saturated carbocycles. The molecule has 15 heteroatoms. The number of amides is 3. The van der Waals surface area contributed by atoms with E-state index in [1.165, 1.54) is 22.3 Å². The molecule has 0 spiro atoms. The van der Waals surface area contributed by atoms with Crippen LogP contribution in [0, 0.1) is 0 Å². The van der Waals surface area contributed by atoms with Crippen molar-refractivity contribution in [1.82, 2.24) is 14.6 Å². The lowest BCUT2D eigenvalue weighted by atomic mass is 9.98. The first kappa shape index (κ1) is 33.7. The normalized spacial score (nSPS) is 16.0. The van der Waals surface area contributed by atoms with E-state index >= 15 is 0 Å². The fourth-order valence-electron chi connectivity index (χ4n) is 5.03. The Morgan fingerprint density at radius 3 is 2.40 bits per heavy atom. The van der Waals surface area contributed by atoms with E-state index in [0.717, 1.165) is 5.56 Å². The first-order valence-electron chi connectivity index (χ1n) is 14.2. The Bertz CT molecular complexity index is 1670. The largest absolute Gasteiger partial charge is 0.465 e. The smallest absolute Gasteiger partial charge is 0.411 e. The Kier molecular flexibility index (Phi) is 10.0. The number of likely N-dealkylation sites (tertiary alicyclic amines) is 1. The Hall–Kier alpha value is -4.21. The number of nitrogens with two attached hydrogens (primary N) is 1. The second-order valence-electron chi connectivity index (χ2n) is 11.8. The van der Waals surface area contributed by atoms with Crippen molar-refractivity contribution in [3.8, 4) is 21.0 Å². The fraction of sp³-hybridized carbons (Fsp3) is 0.400. The van der Waals surface area contributed by atoms with Crippen molar-refractivity contribution in [2.24, 2.45) is 5.73 Å². The van der Waals surface area contributed by atoms with E-state index in [9.17, 15) is 27.9 Å². The number of anilines is 1. The summed E-state index contributed by atoms with van der Waals surface area (Å²) in [5.74, 6) is 0. The number of carboxylic acid groups (broad SMARTS) is 1. The molecular formula is C30H37N5O8S2. The number of benzene rings is 2. The molecule has 0 bridgehead atoms. The van der Waals surface area contributed by atoms with E-state index in [2.05, 4.69) is 15.0 Å². The van der Waals surface area contributed by atoms with Gasteiger partial charge in [0, 0.05) is 35.1 Å². The zero-order valence-corrected chi connectivity index (χ0v) is 27.2. The molecule has 242 valence electrons. The number of hydrogen-bond acceptors (Lipinski definition) is 9. The Morgan fingerprint density at radius 1 is 1.11 bits per heavy atom. The summed E-state index contributed by atoms with van der Waals surface area (Å²) >= 11 is 1.26. The molecule has 2 atom stereocenters. The SMILES string of the molecule is CC(C)OC(=O)Nc1ccc(-c2ncc(-c3ccc(C(OC(N)=O)[C@@H]4CCCN4C(=O)O)cc3S(=O)(=O)NC(C)(C)C)s2)cc1. The van der Waals surface area contributed by atoms with E-state index in [1.54, 1.807) is 77.2 Å². The second kappa shape index (κ2) is 13.4. The number of rotatable bonds is 9. The molecule has 3 amide bonds. The second-order valence-corrected chi connectivity index (χ2v) is 14.5. The molecule has 1 fully saturated rings. The number of carbonyl (C=O) groups is 3. The lowest BCUT2D eigenvalue weighted by molar-refractivity contribution is 0.0466. The number of ether oxygens (including phenoxy) is 2. The zero-order valence-electron chi connectivity index (χ0n) is 25.6. The minimum atomic E-state index is -4.14.